The molecule has 0 spiro atoms. The van der Waals surface area contributed by atoms with Crippen molar-refractivity contribution < 1.29 is 0 Å². The molecule has 0 fully saturated rings. The van der Waals surface area contributed by atoms with Gasteiger partial charge in [-0.05, 0) is 12.1 Å². The van der Waals surface area contributed by atoms with Crippen LogP contribution in [0.15, 0.2) is 35.3 Å². The van der Waals surface area contributed by atoms with Crippen molar-refractivity contribution in [3.8, 4) is 11.4 Å². The first-order chi connectivity index (χ1) is 7.36. The van der Waals surface area contributed by atoms with E-state index in [2.05, 4.69) is 9.97 Å². The lowest BCUT2D eigenvalue weighted by atomic mass is 10.4. The Bertz CT molecular complexity index is 600. The van der Waals surface area contributed by atoms with Crippen molar-refractivity contribution in [2.75, 3.05) is 0 Å². The number of nitrogens with zero attached hydrogens (tertiary/aromatic N) is 3. The first-order valence-corrected chi connectivity index (χ1v) is 5.69. The summed E-state index contributed by atoms with van der Waals surface area (Å²) in [6.45, 7) is 0. The molecule has 5 heteroatoms. The second kappa shape index (κ2) is 3.32. The van der Waals surface area contributed by atoms with E-state index < -0.39 is 0 Å². The maximum absolute atomic E-state index is 6.21. The van der Waals surface area contributed by atoms with Gasteiger partial charge in [0.25, 0.3) is 0 Å². The summed E-state index contributed by atoms with van der Waals surface area (Å²) in [5, 5.41) is 2.55. The fourth-order valence-electron chi connectivity index (χ4n) is 1.46. The maximum Gasteiger partial charge on any atom is 0.142 e. The molecular weight excluding hydrogens is 230 g/mol. The van der Waals surface area contributed by atoms with E-state index in [-0.39, 0.29) is 0 Å². The second-order valence-electron chi connectivity index (χ2n) is 3.05. The van der Waals surface area contributed by atoms with Crippen LogP contribution >= 0.6 is 22.9 Å². The molecule has 3 heterocycles. The summed E-state index contributed by atoms with van der Waals surface area (Å²) >= 11 is 7.75. The Kier molecular flexibility index (Phi) is 1.97. The van der Waals surface area contributed by atoms with Crippen molar-refractivity contribution in [1.29, 1.82) is 0 Å². The van der Waals surface area contributed by atoms with E-state index >= 15 is 0 Å². The largest absolute Gasteiger partial charge is 0.290 e. The van der Waals surface area contributed by atoms with Crippen molar-refractivity contribution >= 4 is 28.6 Å². The van der Waals surface area contributed by atoms with Crippen LogP contribution in [0.25, 0.3) is 17.0 Å². The third-order valence-corrected chi connectivity index (χ3v) is 3.09. The van der Waals surface area contributed by atoms with Crippen molar-refractivity contribution in [1.82, 2.24) is 14.4 Å². The fourth-order valence-corrected chi connectivity index (χ4v) is 2.28. The third-order valence-electron chi connectivity index (χ3n) is 2.15. The van der Waals surface area contributed by atoms with Crippen molar-refractivity contribution in [2.24, 2.45) is 0 Å². The molecule has 3 aromatic heterocycles. The molecule has 0 aliphatic rings. The molecule has 0 aromatic carbocycles. The number of fused-ring (bicyclic) bond motifs is 1. The van der Waals surface area contributed by atoms with Gasteiger partial charge < -0.3 is 0 Å². The minimum Gasteiger partial charge on any atom is -0.290 e. The lowest BCUT2D eigenvalue weighted by molar-refractivity contribution is 1.19. The molecule has 0 saturated heterocycles. The van der Waals surface area contributed by atoms with Crippen LogP contribution in [0, 0.1) is 0 Å². The van der Waals surface area contributed by atoms with Crippen LogP contribution in [0.1, 0.15) is 0 Å². The Morgan fingerprint density at radius 2 is 2.27 bits per heavy atom. The summed E-state index contributed by atoms with van der Waals surface area (Å²) in [6.07, 6.45) is 1.89. The normalized spacial score (nSPS) is 11.0. The highest BCUT2D eigenvalue weighted by molar-refractivity contribution is 7.07. The molecule has 3 rings (SSSR count). The molecule has 74 valence electrons. The minimum atomic E-state index is 0.608. The molecule has 0 bridgehead atoms. The highest BCUT2D eigenvalue weighted by atomic mass is 35.5. The van der Waals surface area contributed by atoms with E-state index in [0.29, 0.717) is 5.15 Å². The Balaban J connectivity index is 2.33. The number of thiazole rings is 1. The van der Waals surface area contributed by atoms with Gasteiger partial charge in [-0.15, -0.1) is 11.3 Å². The standard InChI is InChI=1S/C10H6ClN3S/c11-10-9(7-5-15-6-12-7)13-8-3-1-2-4-14(8)10/h1-6H. The van der Waals surface area contributed by atoms with Crippen LogP contribution < -0.4 is 0 Å². The van der Waals surface area contributed by atoms with Crippen LogP contribution in [0.2, 0.25) is 5.15 Å². The van der Waals surface area contributed by atoms with Gasteiger partial charge in [-0.3, -0.25) is 4.40 Å². The number of aromatic nitrogens is 3. The number of pyridine rings is 1. The zero-order chi connectivity index (χ0) is 10.3. The predicted molar refractivity (Wildman–Crippen MR) is 61.3 cm³/mol. The summed E-state index contributed by atoms with van der Waals surface area (Å²) in [7, 11) is 0. The molecule has 3 nitrogen and oxygen atoms in total. The van der Waals surface area contributed by atoms with Gasteiger partial charge in [-0.2, -0.15) is 0 Å². The SMILES string of the molecule is Clc1c(-c2cscn2)nc2ccccn12. The van der Waals surface area contributed by atoms with Gasteiger partial charge in [0.05, 0.1) is 5.51 Å². The molecule has 0 atom stereocenters. The summed E-state index contributed by atoms with van der Waals surface area (Å²) in [5.74, 6) is 0. The van der Waals surface area contributed by atoms with E-state index in [1.54, 1.807) is 5.51 Å². The molecular formula is C10H6ClN3S. The maximum atomic E-state index is 6.21. The summed E-state index contributed by atoms with van der Waals surface area (Å²) < 4.78 is 1.84. The highest BCUT2D eigenvalue weighted by Gasteiger charge is 2.12. The van der Waals surface area contributed by atoms with E-state index in [9.17, 15) is 0 Å². The molecule has 0 aliphatic carbocycles. The molecule has 0 aliphatic heterocycles. The average molecular weight is 236 g/mol. The summed E-state index contributed by atoms with van der Waals surface area (Å²) in [5.41, 5.74) is 4.18. The average Bonchev–Trinajstić information content (AvgIpc) is 2.87. The van der Waals surface area contributed by atoms with Crippen molar-refractivity contribution in [3.63, 3.8) is 0 Å². The third kappa shape index (κ3) is 1.33. The first-order valence-electron chi connectivity index (χ1n) is 4.37. The molecule has 0 radical (unpaired) electrons. The smallest absolute Gasteiger partial charge is 0.142 e. The quantitative estimate of drug-likeness (QED) is 0.649. The van der Waals surface area contributed by atoms with E-state index in [1.807, 2.05) is 34.2 Å². The van der Waals surface area contributed by atoms with Crippen LogP contribution in [-0.2, 0) is 0 Å². The number of imidazole rings is 1. The van der Waals surface area contributed by atoms with Gasteiger partial charge in [-0.25, -0.2) is 9.97 Å². The van der Waals surface area contributed by atoms with E-state index in [4.69, 9.17) is 11.6 Å². The van der Waals surface area contributed by atoms with Gasteiger partial charge in [0, 0.05) is 11.6 Å². The van der Waals surface area contributed by atoms with Crippen LogP contribution in [0.5, 0.6) is 0 Å². The van der Waals surface area contributed by atoms with Crippen LogP contribution in [0.3, 0.4) is 0 Å². The number of hydrogen-bond donors (Lipinski definition) is 0. The van der Waals surface area contributed by atoms with Gasteiger partial charge in [0.2, 0.25) is 0 Å². The van der Waals surface area contributed by atoms with Gasteiger partial charge in [0.1, 0.15) is 22.2 Å². The topological polar surface area (TPSA) is 30.2 Å². The fraction of sp³-hybridized carbons (Fsp3) is 0. The Hall–Kier alpha value is -1.39. The lowest BCUT2D eigenvalue weighted by Crippen LogP contribution is -1.81. The zero-order valence-corrected chi connectivity index (χ0v) is 9.16. The summed E-state index contributed by atoms with van der Waals surface area (Å²) in [4.78, 5) is 8.63. The zero-order valence-electron chi connectivity index (χ0n) is 7.59. The molecule has 0 amide bonds. The Morgan fingerprint density at radius 3 is 3.00 bits per heavy atom. The first kappa shape index (κ1) is 8.88. The Labute approximate surface area is 95.0 Å². The van der Waals surface area contributed by atoms with Gasteiger partial charge >= 0.3 is 0 Å². The lowest BCUT2D eigenvalue weighted by Gasteiger charge is -1.92. The highest BCUT2D eigenvalue weighted by Crippen LogP contribution is 2.27. The van der Waals surface area contributed by atoms with Crippen LogP contribution in [-0.4, -0.2) is 14.4 Å². The monoisotopic (exact) mass is 235 g/mol. The van der Waals surface area contributed by atoms with E-state index in [0.717, 1.165) is 17.0 Å². The van der Waals surface area contributed by atoms with E-state index in [1.165, 1.54) is 11.3 Å². The van der Waals surface area contributed by atoms with Crippen molar-refractivity contribution in [3.05, 3.63) is 40.4 Å². The molecule has 0 N–H and O–H groups in total. The van der Waals surface area contributed by atoms with Crippen LogP contribution in [0.4, 0.5) is 0 Å². The summed E-state index contributed by atoms with van der Waals surface area (Å²) in [6, 6.07) is 5.77. The number of rotatable bonds is 1. The van der Waals surface area contributed by atoms with Gasteiger partial charge in [-0.1, -0.05) is 17.7 Å². The second-order valence-corrected chi connectivity index (χ2v) is 4.13. The Morgan fingerprint density at radius 1 is 1.33 bits per heavy atom. The predicted octanol–water partition coefficient (Wildman–Crippen LogP) is 3.11. The molecule has 0 saturated carbocycles. The number of hydrogen-bond acceptors (Lipinski definition) is 3. The minimum absolute atomic E-state index is 0.608. The molecule has 15 heavy (non-hydrogen) atoms. The molecule has 0 unspecified atom stereocenters. The number of halogens is 1. The molecule has 3 aromatic rings. The van der Waals surface area contributed by atoms with Gasteiger partial charge in [0.15, 0.2) is 0 Å². The van der Waals surface area contributed by atoms with Crippen molar-refractivity contribution in [2.45, 2.75) is 0 Å².